The van der Waals surface area contributed by atoms with Crippen molar-refractivity contribution >= 4 is 64.9 Å². The van der Waals surface area contributed by atoms with Crippen molar-refractivity contribution in [1.29, 1.82) is 0 Å². The SMILES string of the molecule is CC(=O)N[C@@H](Cc1ccccc1)C(=O)N[C@H](C(=O)N[C@@H](CC(C)C)C(=O)N[C@@H](CC(=O)O)C(=O)N[C@@H](C)C(=O)N[C@@H](CC(=O)O)C(=O)N[C@@H](Cc1ccc(N)cc1)C(=O)O)[C@H](C)O. The molecule has 0 aliphatic rings. The minimum atomic E-state index is -1.87. The number of aliphatic carboxylic acids is 3. The molecule has 0 unspecified atom stereocenters. The Kier molecular flexibility index (Phi) is 20.6. The van der Waals surface area contributed by atoms with E-state index in [2.05, 4.69) is 37.2 Å². The Labute approximate surface area is 362 Å². The van der Waals surface area contributed by atoms with Gasteiger partial charge >= 0.3 is 17.9 Å². The summed E-state index contributed by atoms with van der Waals surface area (Å²) < 4.78 is 0. The van der Waals surface area contributed by atoms with E-state index in [1.165, 1.54) is 38.1 Å². The second kappa shape index (κ2) is 25.0. The number of carboxylic acid groups (broad SMARTS) is 3. The summed E-state index contributed by atoms with van der Waals surface area (Å²) in [5.74, 6) is -11.9. The molecule has 0 saturated carbocycles. The molecule has 63 heavy (non-hydrogen) atoms. The van der Waals surface area contributed by atoms with Crippen LogP contribution < -0.4 is 43.0 Å². The zero-order valence-electron chi connectivity index (χ0n) is 35.4. The van der Waals surface area contributed by atoms with E-state index in [9.17, 15) is 68.4 Å². The maximum Gasteiger partial charge on any atom is 0.326 e. The summed E-state index contributed by atoms with van der Waals surface area (Å²) in [6.45, 7) is 6.86. The third kappa shape index (κ3) is 18.6. The van der Waals surface area contributed by atoms with Gasteiger partial charge in [0.2, 0.25) is 41.4 Å². The molecule has 2 rings (SSSR count). The molecule has 2 aromatic rings. The number of amides is 7. The van der Waals surface area contributed by atoms with Gasteiger partial charge in [-0.1, -0.05) is 56.3 Å². The normalized spacial score (nSPS) is 14.7. The summed E-state index contributed by atoms with van der Waals surface area (Å²) >= 11 is 0. The van der Waals surface area contributed by atoms with Crippen LogP contribution in [0.15, 0.2) is 54.6 Å². The lowest BCUT2D eigenvalue weighted by molar-refractivity contribution is -0.143. The molecule has 0 fully saturated rings. The molecule has 7 amide bonds. The number of hydrogen-bond acceptors (Lipinski definition) is 12. The Bertz CT molecular complexity index is 1960. The van der Waals surface area contributed by atoms with Gasteiger partial charge in [0, 0.05) is 25.5 Å². The fourth-order valence-electron chi connectivity index (χ4n) is 6.01. The van der Waals surface area contributed by atoms with Crippen molar-refractivity contribution in [3.05, 3.63) is 65.7 Å². The van der Waals surface area contributed by atoms with Gasteiger partial charge in [0.25, 0.3) is 0 Å². The van der Waals surface area contributed by atoms with E-state index in [1.54, 1.807) is 44.2 Å². The third-order valence-corrected chi connectivity index (χ3v) is 9.19. The average Bonchev–Trinajstić information content (AvgIpc) is 3.18. The maximum absolute atomic E-state index is 13.6. The summed E-state index contributed by atoms with van der Waals surface area (Å²) in [7, 11) is 0. The van der Waals surface area contributed by atoms with Crippen LogP contribution in [0, 0.1) is 5.92 Å². The molecular formula is C41H56N8O14. The lowest BCUT2D eigenvalue weighted by atomic mass is 10.0. The van der Waals surface area contributed by atoms with E-state index >= 15 is 0 Å². The molecule has 0 saturated heterocycles. The molecule has 22 nitrogen and oxygen atoms in total. The number of aliphatic hydroxyl groups excluding tert-OH is 1. The lowest BCUT2D eigenvalue weighted by Gasteiger charge is -2.28. The van der Waals surface area contributed by atoms with Crippen molar-refractivity contribution in [2.45, 2.75) is 115 Å². The molecule has 8 atom stereocenters. The van der Waals surface area contributed by atoms with E-state index in [0.29, 0.717) is 16.8 Å². The van der Waals surface area contributed by atoms with Gasteiger partial charge in [-0.15, -0.1) is 0 Å². The molecule has 0 aromatic heterocycles. The molecule has 0 aliphatic carbocycles. The molecule has 2 aromatic carbocycles. The number of hydrogen-bond donors (Lipinski definition) is 12. The number of nitrogens with two attached hydrogens (primary N) is 1. The lowest BCUT2D eigenvalue weighted by Crippen LogP contribution is -2.61. The minimum Gasteiger partial charge on any atom is -0.481 e. The number of nitrogens with one attached hydrogen (secondary N) is 7. The minimum absolute atomic E-state index is 0.0313. The van der Waals surface area contributed by atoms with Gasteiger partial charge < -0.3 is 63.4 Å². The summed E-state index contributed by atoms with van der Waals surface area (Å²) in [5, 5.41) is 55.3. The molecule has 0 spiro atoms. The van der Waals surface area contributed by atoms with Crippen LogP contribution in [0.25, 0.3) is 0 Å². The molecule has 22 heteroatoms. The van der Waals surface area contributed by atoms with Gasteiger partial charge in [0.05, 0.1) is 18.9 Å². The fraction of sp³-hybridized carbons (Fsp3) is 0.463. The molecule has 0 bridgehead atoms. The van der Waals surface area contributed by atoms with E-state index in [4.69, 9.17) is 5.73 Å². The van der Waals surface area contributed by atoms with Gasteiger partial charge in [0.15, 0.2) is 0 Å². The highest BCUT2D eigenvalue weighted by molar-refractivity contribution is 5.98. The number of aliphatic hydroxyl groups is 1. The van der Waals surface area contributed by atoms with Crippen LogP contribution in [-0.4, -0.2) is 128 Å². The van der Waals surface area contributed by atoms with Gasteiger partial charge in [-0.05, 0) is 49.4 Å². The average molecular weight is 885 g/mol. The van der Waals surface area contributed by atoms with Gasteiger partial charge in [-0.2, -0.15) is 0 Å². The standard InChI is InChI=1S/C41H56N8O14/c1-20(2)15-27(47-40(61)34(22(4)50)49-39(60)28(44-23(5)51)16-24-9-7-6-8-10-24)37(58)46-29(18-32(52)53)36(57)43-21(3)35(56)45-30(19-33(54)55)38(59)48-31(41(62)63)17-25-11-13-26(42)14-12-25/h6-14,20-22,27-31,34,50H,15-19,42H2,1-5H3,(H,43,57)(H,44,51)(H,45,56)(H,46,58)(H,47,61)(H,48,59)(H,49,60)(H,52,53)(H,54,55)(H,62,63)/t21-,22-,27-,28-,29-,30-,31-,34-/m0/s1. The predicted octanol–water partition coefficient (Wildman–Crippen LogP) is -2.05. The van der Waals surface area contributed by atoms with Crippen molar-refractivity contribution in [3.63, 3.8) is 0 Å². The summed E-state index contributed by atoms with van der Waals surface area (Å²) in [6.07, 6.45) is -3.84. The number of nitrogen functional groups attached to an aromatic ring is 1. The first kappa shape index (κ1) is 52.0. The number of anilines is 1. The molecule has 0 heterocycles. The van der Waals surface area contributed by atoms with Crippen LogP contribution >= 0.6 is 0 Å². The Morgan fingerprint density at radius 3 is 1.46 bits per heavy atom. The van der Waals surface area contributed by atoms with Crippen molar-refractivity contribution in [2.24, 2.45) is 5.92 Å². The molecule has 13 N–H and O–H groups in total. The van der Waals surface area contributed by atoms with Gasteiger partial charge in [-0.3, -0.25) is 43.2 Å². The summed E-state index contributed by atoms with van der Waals surface area (Å²) in [5.41, 5.74) is 7.20. The molecule has 0 aliphatic heterocycles. The third-order valence-electron chi connectivity index (χ3n) is 9.19. The zero-order chi connectivity index (χ0) is 47.6. The second-order valence-corrected chi connectivity index (χ2v) is 15.3. The Balaban J connectivity index is 2.21. The first-order valence-corrected chi connectivity index (χ1v) is 19.8. The van der Waals surface area contributed by atoms with Gasteiger partial charge in [0.1, 0.15) is 42.3 Å². The quantitative estimate of drug-likeness (QED) is 0.0478. The number of benzene rings is 2. The Morgan fingerprint density at radius 1 is 0.524 bits per heavy atom. The summed E-state index contributed by atoms with van der Waals surface area (Å²) in [6, 6.07) is 3.54. The fourth-order valence-corrected chi connectivity index (χ4v) is 6.01. The van der Waals surface area contributed by atoms with Crippen molar-refractivity contribution < 1.29 is 68.4 Å². The monoisotopic (exact) mass is 884 g/mol. The van der Waals surface area contributed by atoms with Crippen LogP contribution in [0.4, 0.5) is 5.69 Å². The first-order chi connectivity index (χ1) is 29.5. The van der Waals surface area contributed by atoms with Crippen molar-refractivity contribution in [2.75, 3.05) is 5.73 Å². The second-order valence-electron chi connectivity index (χ2n) is 15.3. The smallest absolute Gasteiger partial charge is 0.326 e. The maximum atomic E-state index is 13.6. The van der Waals surface area contributed by atoms with E-state index in [0.717, 1.165) is 6.92 Å². The molecule has 0 radical (unpaired) electrons. The van der Waals surface area contributed by atoms with Crippen LogP contribution in [-0.2, 0) is 60.8 Å². The van der Waals surface area contributed by atoms with Crippen LogP contribution in [0.2, 0.25) is 0 Å². The highest BCUT2D eigenvalue weighted by Gasteiger charge is 2.35. The highest BCUT2D eigenvalue weighted by atomic mass is 16.4. The number of carboxylic acids is 3. The van der Waals surface area contributed by atoms with E-state index in [-0.39, 0.29) is 25.2 Å². The highest BCUT2D eigenvalue weighted by Crippen LogP contribution is 2.11. The number of carbonyl (C=O) groups is 10. The van der Waals surface area contributed by atoms with Crippen LogP contribution in [0.5, 0.6) is 0 Å². The van der Waals surface area contributed by atoms with Crippen LogP contribution in [0.3, 0.4) is 0 Å². The first-order valence-electron chi connectivity index (χ1n) is 19.8. The molecule has 344 valence electrons. The number of carbonyl (C=O) groups excluding carboxylic acids is 7. The molecular weight excluding hydrogens is 828 g/mol. The zero-order valence-corrected chi connectivity index (χ0v) is 35.4. The Morgan fingerprint density at radius 2 is 0.968 bits per heavy atom. The van der Waals surface area contributed by atoms with Crippen LogP contribution in [0.1, 0.15) is 65.0 Å². The van der Waals surface area contributed by atoms with E-state index in [1.807, 2.05) is 0 Å². The summed E-state index contributed by atoms with van der Waals surface area (Å²) in [4.78, 5) is 127. The topological polar surface area (TPSA) is 362 Å². The predicted molar refractivity (Wildman–Crippen MR) is 223 cm³/mol. The van der Waals surface area contributed by atoms with E-state index < -0.39 is 120 Å². The van der Waals surface area contributed by atoms with Crippen molar-refractivity contribution in [3.8, 4) is 0 Å². The number of rotatable bonds is 25. The largest absolute Gasteiger partial charge is 0.481 e. The van der Waals surface area contributed by atoms with Gasteiger partial charge in [-0.25, -0.2) is 4.79 Å². The van der Waals surface area contributed by atoms with Crippen molar-refractivity contribution in [1.82, 2.24) is 37.2 Å². The Hall–Kier alpha value is -7.10.